The fourth-order valence-corrected chi connectivity index (χ4v) is 4.60. The lowest BCUT2D eigenvalue weighted by atomic mass is 10.0. The molecule has 0 aliphatic carbocycles. The Labute approximate surface area is 161 Å². The van der Waals surface area contributed by atoms with Crippen molar-refractivity contribution in [1.29, 1.82) is 0 Å². The maximum absolute atomic E-state index is 12.8. The Morgan fingerprint density at radius 2 is 1.44 bits per heavy atom. The van der Waals surface area contributed by atoms with E-state index in [-0.39, 0.29) is 15.7 Å². The lowest BCUT2D eigenvalue weighted by Gasteiger charge is -2.17. The van der Waals surface area contributed by atoms with Gasteiger partial charge in [0.05, 0.1) is 16.9 Å². The number of nitrogens with one attached hydrogen (secondary N) is 1. The molecule has 0 spiro atoms. The van der Waals surface area contributed by atoms with Gasteiger partial charge in [0.2, 0.25) is 10.0 Å². The standard InChI is InChI=1S/C19H25NO5S2/c1-13(2)18-12-17(10-11-19(18)25-4)27(23,24)20-14(3)15-6-8-16(9-7-15)26(5,21)22/h6-14,20H,1-5H3/t14-/m1/s1. The molecule has 6 nitrogen and oxygen atoms in total. The van der Waals surface area contributed by atoms with Crippen LogP contribution in [0.4, 0.5) is 0 Å². The second-order valence-corrected chi connectivity index (χ2v) is 10.5. The molecule has 2 rings (SSSR count). The van der Waals surface area contributed by atoms with Crippen molar-refractivity contribution in [1.82, 2.24) is 4.72 Å². The van der Waals surface area contributed by atoms with Gasteiger partial charge in [-0.3, -0.25) is 0 Å². The zero-order valence-corrected chi connectivity index (χ0v) is 17.7. The highest BCUT2D eigenvalue weighted by Gasteiger charge is 2.21. The summed E-state index contributed by atoms with van der Waals surface area (Å²) in [5.74, 6) is 0.754. The van der Waals surface area contributed by atoms with Crippen molar-refractivity contribution in [3.63, 3.8) is 0 Å². The molecule has 1 N–H and O–H groups in total. The van der Waals surface area contributed by atoms with Gasteiger partial charge in [0.15, 0.2) is 9.84 Å². The Hall–Kier alpha value is -1.90. The molecule has 0 saturated carbocycles. The van der Waals surface area contributed by atoms with Crippen molar-refractivity contribution in [2.45, 2.75) is 42.5 Å². The van der Waals surface area contributed by atoms with E-state index in [0.717, 1.165) is 11.8 Å². The normalized spacial score (nSPS) is 13.6. The molecule has 0 unspecified atom stereocenters. The molecular formula is C19H25NO5S2. The molecule has 0 aliphatic rings. The Kier molecular flexibility index (Phi) is 6.34. The van der Waals surface area contributed by atoms with E-state index in [2.05, 4.69) is 4.72 Å². The largest absolute Gasteiger partial charge is 0.496 e. The second kappa shape index (κ2) is 8.00. The molecule has 2 aromatic carbocycles. The third-order valence-electron chi connectivity index (χ3n) is 4.27. The van der Waals surface area contributed by atoms with Gasteiger partial charge in [-0.2, -0.15) is 0 Å². The lowest BCUT2D eigenvalue weighted by Crippen LogP contribution is -2.27. The van der Waals surface area contributed by atoms with Crippen molar-refractivity contribution < 1.29 is 21.6 Å². The minimum atomic E-state index is -3.75. The average molecular weight is 412 g/mol. The van der Waals surface area contributed by atoms with Crippen molar-refractivity contribution in [2.24, 2.45) is 0 Å². The number of hydrogen-bond acceptors (Lipinski definition) is 5. The molecule has 0 saturated heterocycles. The molecule has 0 bridgehead atoms. The average Bonchev–Trinajstić information content (AvgIpc) is 2.60. The fourth-order valence-electron chi connectivity index (χ4n) is 2.70. The summed E-state index contributed by atoms with van der Waals surface area (Å²) < 4.78 is 56.6. The van der Waals surface area contributed by atoms with Crippen molar-refractivity contribution in [3.8, 4) is 5.75 Å². The molecule has 0 radical (unpaired) electrons. The zero-order valence-electron chi connectivity index (χ0n) is 16.1. The molecule has 0 amide bonds. The predicted octanol–water partition coefficient (Wildman–Crippen LogP) is 3.26. The number of methoxy groups -OCH3 is 1. The quantitative estimate of drug-likeness (QED) is 0.755. The van der Waals surface area contributed by atoms with Gasteiger partial charge in [0.1, 0.15) is 5.75 Å². The van der Waals surface area contributed by atoms with Crippen molar-refractivity contribution in [2.75, 3.05) is 13.4 Å². The summed E-state index contributed by atoms with van der Waals surface area (Å²) in [6.45, 7) is 5.64. The Morgan fingerprint density at radius 3 is 1.93 bits per heavy atom. The number of hydrogen-bond donors (Lipinski definition) is 1. The number of sulfonamides is 1. The van der Waals surface area contributed by atoms with Crippen LogP contribution in [0.15, 0.2) is 52.3 Å². The van der Waals surface area contributed by atoms with Crippen LogP contribution in [0.1, 0.15) is 43.9 Å². The highest BCUT2D eigenvalue weighted by Crippen LogP contribution is 2.29. The van der Waals surface area contributed by atoms with Crippen LogP contribution in [0.5, 0.6) is 5.75 Å². The summed E-state index contributed by atoms with van der Waals surface area (Å²) in [6.07, 6.45) is 1.13. The van der Waals surface area contributed by atoms with Crippen LogP contribution in [0.25, 0.3) is 0 Å². The Balaban J connectivity index is 2.29. The highest BCUT2D eigenvalue weighted by molar-refractivity contribution is 7.90. The first kappa shape index (κ1) is 21.4. The first-order chi connectivity index (χ1) is 12.5. The molecule has 0 aliphatic heterocycles. The predicted molar refractivity (Wildman–Crippen MR) is 105 cm³/mol. The monoisotopic (exact) mass is 411 g/mol. The van der Waals surface area contributed by atoms with Gasteiger partial charge in [0, 0.05) is 12.3 Å². The fraction of sp³-hybridized carbons (Fsp3) is 0.368. The minimum absolute atomic E-state index is 0.107. The highest BCUT2D eigenvalue weighted by atomic mass is 32.2. The van der Waals surface area contributed by atoms with Gasteiger partial charge in [-0.15, -0.1) is 0 Å². The Bertz CT molecular complexity index is 1010. The molecule has 2 aromatic rings. The third-order valence-corrected chi connectivity index (χ3v) is 6.94. The van der Waals surface area contributed by atoms with Crippen LogP contribution in [0.3, 0.4) is 0 Å². The van der Waals surface area contributed by atoms with E-state index >= 15 is 0 Å². The molecule has 0 fully saturated rings. The molecule has 148 valence electrons. The molecular weight excluding hydrogens is 386 g/mol. The summed E-state index contributed by atoms with van der Waals surface area (Å²) >= 11 is 0. The maximum atomic E-state index is 12.8. The van der Waals surface area contributed by atoms with Gasteiger partial charge >= 0.3 is 0 Å². The SMILES string of the molecule is COc1ccc(S(=O)(=O)N[C@H](C)c2ccc(S(C)(=O)=O)cc2)cc1C(C)C. The summed E-state index contributed by atoms with van der Waals surface area (Å²) in [5, 5.41) is 0. The number of benzene rings is 2. The van der Waals surface area contributed by atoms with Crippen LogP contribution in [0, 0.1) is 0 Å². The number of ether oxygens (including phenoxy) is 1. The Morgan fingerprint density at radius 1 is 0.889 bits per heavy atom. The van der Waals surface area contributed by atoms with E-state index in [9.17, 15) is 16.8 Å². The van der Waals surface area contributed by atoms with Gasteiger partial charge in [-0.25, -0.2) is 21.6 Å². The molecule has 27 heavy (non-hydrogen) atoms. The molecule has 1 atom stereocenters. The van der Waals surface area contributed by atoms with Crippen LogP contribution >= 0.6 is 0 Å². The van der Waals surface area contributed by atoms with E-state index in [1.54, 1.807) is 38.3 Å². The summed E-state index contributed by atoms with van der Waals surface area (Å²) in [4.78, 5) is 0.352. The number of sulfone groups is 1. The molecule has 0 heterocycles. The lowest BCUT2D eigenvalue weighted by molar-refractivity contribution is 0.407. The van der Waals surface area contributed by atoms with E-state index < -0.39 is 25.9 Å². The molecule has 0 aromatic heterocycles. The van der Waals surface area contributed by atoms with Gasteiger partial charge < -0.3 is 4.74 Å². The topological polar surface area (TPSA) is 89.5 Å². The van der Waals surface area contributed by atoms with E-state index in [4.69, 9.17) is 4.74 Å². The maximum Gasteiger partial charge on any atom is 0.241 e. The summed E-state index contributed by atoms with van der Waals surface area (Å²) in [6, 6.07) is 10.4. The van der Waals surface area contributed by atoms with E-state index in [1.807, 2.05) is 13.8 Å². The zero-order chi connectivity index (χ0) is 20.4. The van der Waals surface area contributed by atoms with Crippen molar-refractivity contribution in [3.05, 3.63) is 53.6 Å². The third kappa shape index (κ3) is 5.09. The van der Waals surface area contributed by atoms with E-state index in [0.29, 0.717) is 11.3 Å². The minimum Gasteiger partial charge on any atom is -0.496 e. The van der Waals surface area contributed by atoms with Crippen molar-refractivity contribution >= 4 is 19.9 Å². The van der Waals surface area contributed by atoms with Gasteiger partial charge in [0.25, 0.3) is 0 Å². The van der Waals surface area contributed by atoms with Crippen LogP contribution in [-0.4, -0.2) is 30.2 Å². The first-order valence-electron chi connectivity index (χ1n) is 8.46. The van der Waals surface area contributed by atoms with Crippen LogP contribution < -0.4 is 9.46 Å². The van der Waals surface area contributed by atoms with Crippen LogP contribution in [0.2, 0.25) is 0 Å². The van der Waals surface area contributed by atoms with E-state index in [1.165, 1.54) is 18.2 Å². The number of rotatable bonds is 7. The second-order valence-electron chi connectivity index (χ2n) is 6.74. The first-order valence-corrected chi connectivity index (χ1v) is 11.8. The summed E-state index contributed by atoms with van der Waals surface area (Å²) in [5.41, 5.74) is 1.48. The smallest absolute Gasteiger partial charge is 0.241 e. The van der Waals surface area contributed by atoms with Crippen LogP contribution in [-0.2, 0) is 19.9 Å². The van der Waals surface area contributed by atoms with Gasteiger partial charge in [-0.05, 0) is 54.3 Å². The molecule has 8 heteroatoms. The van der Waals surface area contributed by atoms with Gasteiger partial charge in [-0.1, -0.05) is 26.0 Å². The summed E-state index contributed by atoms with van der Waals surface area (Å²) in [7, 11) is -5.49.